The van der Waals surface area contributed by atoms with E-state index in [4.69, 9.17) is 4.74 Å². The van der Waals surface area contributed by atoms with Gasteiger partial charge in [-0.15, -0.1) is 21.5 Å². The molecule has 2 rings (SSSR count). The van der Waals surface area contributed by atoms with E-state index in [1.807, 2.05) is 13.1 Å². The fourth-order valence-corrected chi connectivity index (χ4v) is 3.00. The molecular formula is C10H14N4OS2. The van der Waals surface area contributed by atoms with Crippen LogP contribution in [0.25, 0.3) is 9.88 Å². The third kappa shape index (κ3) is 3.21. The summed E-state index contributed by atoms with van der Waals surface area (Å²) in [5, 5.41) is 14.2. The SMILES string of the molecule is CCNc1nnc(-c2cnc(CCOC)s2)s1. The lowest BCUT2D eigenvalue weighted by Crippen LogP contribution is -1.94. The molecule has 1 N–H and O–H groups in total. The molecule has 0 saturated carbocycles. The van der Waals surface area contributed by atoms with Gasteiger partial charge in [0.25, 0.3) is 0 Å². The Hall–Kier alpha value is -1.05. The Bertz CT molecular complexity index is 468. The van der Waals surface area contributed by atoms with Crippen LogP contribution in [0.1, 0.15) is 11.9 Å². The third-order valence-electron chi connectivity index (χ3n) is 2.04. The van der Waals surface area contributed by atoms with Crippen LogP contribution in [-0.4, -0.2) is 35.4 Å². The predicted molar refractivity (Wildman–Crippen MR) is 70.8 cm³/mol. The van der Waals surface area contributed by atoms with Crippen LogP contribution in [0.4, 0.5) is 5.13 Å². The number of nitrogens with one attached hydrogen (secondary N) is 1. The minimum Gasteiger partial charge on any atom is -0.384 e. The highest BCUT2D eigenvalue weighted by Crippen LogP contribution is 2.30. The average Bonchev–Trinajstić information content (AvgIpc) is 2.95. The maximum atomic E-state index is 5.03. The van der Waals surface area contributed by atoms with Crippen molar-refractivity contribution in [3.8, 4) is 9.88 Å². The van der Waals surface area contributed by atoms with Crippen LogP contribution in [-0.2, 0) is 11.2 Å². The van der Waals surface area contributed by atoms with E-state index in [1.165, 1.54) is 0 Å². The molecule has 0 fully saturated rings. The minimum atomic E-state index is 0.700. The summed E-state index contributed by atoms with van der Waals surface area (Å²) >= 11 is 3.20. The molecule has 0 saturated heterocycles. The van der Waals surface area contributed by atoms with Gasteiger partial charge in [0.1, 0.15) is 0 Å². The molecule has 2 heterocycles. The van der Waals surface area contributed by atoms with E-state index in [9.17, 15) is 0 Å². The smallest absolute Gasteiger partial charge is 0.206 e. The highest BCUT2D eigenvalue weighted by Gasteiger charge is 2.09. The predicted octanol–water partition coefficient (Wildman–Crippen LogP) is 2.28. The van der Waals surface area contributed by atoms with E-state index in [2.05, 4.69) is 20.5 Å². The van der Waals surface area contributed by atoms with Gasteiger partial charge >= 0.3 is 0 Å². The average molecular weight is 270 g/mol. The quantitative estimate of drug-likeness (QED) is 0.872. The van der Waals surface area contributed by atoms with Crippen molar-refractivity contribution in [2.75, 3.05) is 25.6 Å². The molecule has 0 aromatic carbocycles. The van der Waals surface area contributed by atoms with Gasteiger partial charge in [-0.2, -0.15) is 0 Å². The van der Waals surface area contributed by atoms with E-state index in [1.54, 1.807) is 29.8 Å². The summed E-state index contributed by atoms with van der Waals surface area (Å²) in [6, 6.07) is 0. The summed E-state index contributed by atoms with van der Waals surface area (Å²) in [4.78, 5) is 5.41. The van der Waals surface area contributed by atoms with Gasteiger partial charge in [-0.25, -0.2) is 4.98 Å². The van der Waals surface area contributed by atoms with Crippen molar-refractivity contribution in [3.63, 3.8) is 0 Å². The van der Waals surface area contributed by atoms with Gasteiger partial charge in [0.2, 0.25) is 5.13 Å². The molecule has 0 atom stereocenters. The molecule has 92 valence electrons. The Morgan fingerprint density at radius 3 is 3.00 bits per heavy atom. The molecule has 7 heteroatoms. The third-order valence-corrected chi connectivity index (χ3v) is 4.14. The zero-order chi connectivity index (χ0) is 12.1. The second kappa shape index (κ2) is 6.04. The van der Waals surface area contributed by atoms with Gasteiger partial charge in [-0.1, -0.05) is 11.3 Å². The summed E-state index contributed by atoms with van der Waals surface area (Å²) in [6.45, 7) is 3.60. The Kier molecular flexibility index (Phi) is 4.41. The molecule has 17 heavy (non-hydrogen) atoms. The topological polar surface area (TPSA) is 59.9 Å². The Morgan fingerprint density at radius 2 is 2.24 bits per heavy atom. The van der Waals surface area contributed by atoms with E-state index >= 15 is 0 Å². The number of methoxy groups -OCH3 is 1. The minimum absolute atomic E-state index is 0.700. The number of hydrogen-bond donors (Lipinski definition) is 1. The summed E-state index contributed by atoms with van der Waals surface area (Å²) < 4.78 is 5.03. The Morgan fingerprint density at radius 1 is 1.35 bits per heavy atom. The lowest BCUT2D eigenvalue weighted by Gasteiger charge is -1.92. The monoisotopic (exact) mass is 270 g/mol. The molecule has 0 bridgehead atoms. The zero-order valence-electron chi connectivity index (χ0n) is 9.77. The normalized spacial score (nSPS) is 10.7. The lowest BCUT2D eigenvalue weighted by molar-refractivity contribution is 0.202. The standard InChI is InChI=1S/C10H14N4OS2/c1-3-11-10-14-13-9(17-10)7-6-12-8(16-7)4-5-15-2/h6H,3-5H2,1-2H3,(H,11,14). The van der Waals surface area contributed by atoms with Crippen molar-refractivity contribution in [1.82, 2.24) is 15.2 Å². The van der Waals surface area contributed by atoms with E-state index < -0.39 is 0 Å². The van der Waals surface area contributed by atoms with Gasteiger partial charge in [0.15, 0.2) is 5.01 Å². The van der Waals surface area contributed by atoms with Crippen LogP contribution in [0.15, 0.2) is 6.20 Å². The maximum Gasteiger partial charge on any atom is 0.206 e. The van der Waals surface area contributed by atoms with E-state index in [-0.39, 0.29) is 0 Å². The fraction of sp³-hybridized carbons (Fsp3) is 0.500. The largest absolute Gasteiger partial charge is 0.384 e. The first-order valence-electron chi connectivity index (χ1n) is 5.35. The number of aromatic nitrogens is 3. The van der Waals surface area contributed by atoms with Gasteiger partial charge in [0, 0.05) is 26.3 Å². The fourth-order valence-electron chi connectivity index (χ4n) is 1.26. The van der Waals surface area contributed by atoms with E-state index in [0.717, 1.165) is 33.0 Å². The van der Waals surface area contributed by atoms with Gasteiger partial charge < -0.3 is 10.1 Å². The van der Waals surface area contributed by atoms with Crippen molar-refractivity contribution in [3.05, 3.63) is 11.2 Å². The highest BCUT2D eigenvalue weighted by molar-refractivity contribution is 7.23. The summed E-state index contributed by atoms with van der Waals surface area (Å²) in [7, 11) is 1.70. The lowest BCUT2D eigenvalue weighted by atomic mass is 10.5. The van der Waals surface area contributed by atoms with Gasteiger partial charge in [-0.05, 0) is 6.92 Å². The second-order valence-corrected chi connectivity index (χ2v) is 5.40. The molecule has 0 aliphatic carbocycles. The number of ether oxygens (including phenoxy) is 1. The van der Waals surface area contributed by atoms with Crippen molar-refractivity contribution >= 4 is 27.8 Å². The van der Waals surface area contributed by atoms with Crippen LogP contribution in [0, 0.1) is 0 Å². The molecular weight excluding hydrogens is 256 g/mol. The Balaban J connectivity index is 2.07. The molecule has 0 aliphatic rings. The first kappa shape index (κ1) is 12.4. The highest BCUT2D eigenvalue weighted by atomic mass is 32.1. The van der Waals surface area contributed by atoms with Gasteiger partial charge in [-0.3, -0.25) is 0 Å². The molecule has 0 radical (unpaired) electrons. The second-order valence-electron chi connectivity index (χ2n) is 3.30. The maximum absolute atomic E-state index is 5.03. The van der Waals surface area contributed by atoms with Crippen molar-refractivity contribution in [2.45, 2.75) is 13.3 Å². The van der Waals surface area contributed by atoms with Crippen LogP contribution >= 0.6 is 22.7 Å². The molecule has 0 spiro atoms. The van der Waals surface area contributed by atoms with Crippen molar-refractivity contribution in [2.24, 2.45) is 0 Å². The molecule has 0 amide bonds. The molecule has 0 aliphatic heterocycles. The first-order valence-corrected chi connectivity index (χ1v) is 6.98. The van der Waals surface area contributed by atoms with Crippen LogP contribution in [0.2, 0.25) is 0 Å². The summed E-state index contributed by atoms with van der Waals surface area (Å²) in [5.74, 6) is 0. The van der Waals surface area contributed by atoms with Crippen molar-refractivity contribution < 1.29 is 4.74 Å². The van der Waals surface area contributed by atoms with Crippen LogP contribution < -0.4 is 5.32 Å². The summed E-state index contributed by atoms with van der Waals surface area (Å²) in [6.07, 6.45) is 2.70. The number of thiazole rings is 1. The van der Waals surface area contributed by atoms with E-state index in [0.29, 0.717) is 6.61 Å². The molecule has 5 nitrogen and oxygen atoms in total. The first-order chi connectivity index (χ1) is 8.33. The number of rotatable bonds is 6. The Labute approximate surface area is 108 Å². The van der Waals surface area contributed by atoms with Crippen molar-refractivity contribution in [1.29, 1.82) is 0 Å². The number of nitrogens with zero attached hydrogens (tertiary/aromatic N) is 3. The number of anilines is 1. The summed E-state index contributed by atoms with van der Waals surface area (Å²) in [5.41, 5.74) is 0. The molecule has 2 aromatic rings. The zero-order valence-corrected chi connectivity index (χ0v) is 11.4. The molecule has 2 aromatic heterocycles. The van der Waals surface area contributed by atoms with Gasteiger partial charge in [0.05, 0.1) is 16.5 Å². The molecule has 0 unspecified atom stereocenters. The van der Waals surface area contributed by atoms with Crippen LogP contribution in [0.5, 0.6) is 0 Å². The van der Waals surface area contributed by atoms with Crippen LogP contribution in [0.3, 0.4) is 0 Å². The number of hydrogen-bond acceptors (Lipinski definition) is 7.